The molecule has 0 rings (SSSR count). The van der Waals surface area contributed by atoms with Crippen molar-refractivity contribution in [3.63, 3.8) is 0 Å². The van der Waals surface area contributed by atoms with E-state index in [-0.39, 0.29) is 6.79 Å². The molecule has 1 atom stereocenters. The molecule has 0 spiro atoms. The van der Waals surface area contributed by atoms with Crippen LogP contribution >= 0.6 is 0 Å². The normalized spacial score (nSPS) is 14.7. The van der Waals surface area contributed by atoms with Crippen LogP contribution in [-0.4, -0.2) is 25.7 Å². The summed E-state index contributed by atoms with van der Waals surface area (Å²) in [6, 6.07) is 0. The number of carbonyl (C=O) groups excluding carboxylic acids is 1. The fourth-order valence-electron chi connectivity index (χ4n) is 1.29. The third-order valence-corrected chi connectivity index (χ3v) is 2.19. The Morgan fingerprint density at radius 1 is 1.25 bits per heavy atom. The fourth-order valence-corrected chi connectivity index (χ4v) is 1.29. The molecule has 0 aromatic carbocycles. The molecule has 0 saturated carbocycles. The number of hydrogen-bond acceptors (Lipinski definition) is 4. The molecule has 20 heavy (non-hydrogen) atoms. The minimum atomic E-state index is -1.24. The predicted octanol–water partition coefficient (Wildman–Crippen LogP) is 3.30. The Bertz CT molecular complexity index is 393. The minimum absolute atomic E-state index is 0.00741. The Labute approximate surface area is 120 Å². The summed E-state index contributed by atoms with van der Waals surface area (Å²) in [7, 11) is 1.50. The Kier molecular flexibility index (Phi) is 9.92. The third kappa shape index (κ3) is 7.51. The zero-order valence-electron chi connectivity index (χ0n) is 12.1. The van der Waals surface area contributed by atoms with E-state index in [0.29, 0.717) is 6.42 Å². The van der Waals surface area contributed by atoms with E-state index in [2.05, 4.69) is 13.2 Å². The first kappa shape index (κ1) is 18.1. The van der Waals surface area contributed by atoms with Gasteiger partial charge in [-0.3, -0.25) is 0 Å². The molecule has 0 aliphatic rings. The van der Waals surface area contributed by atoms with Gasteiger partial charge in [0.2, 0.25) is 5.79 Å². The number of hydrogen-bond donors (Lipinski definition) is 0. The lowest BCUT2D eigenvalue weighted by Crippen LogP contribution is -2.36. The van der Waals surface area contributed by atoms with E-state index >= 15 is 0 Å². The van der Waals surface area contributed by atoms with Crippen molar-refractivity contribution in [2.75, 3.05) is 13.9 Å². The Hall–Kier alpha value is -1.91. The number of rotatable bonds is 10. The van der Waals surface area contributed by atoms with Crippen LogP contribution in [0.5, 0.6) is 0 Å². The monoisotopic (exact) mass is 278 g/mol. The summed E-state index contributed by atoms with van der Waals surface area (Å²) < 4.78 is 15.7. The van der Waals surface area contributed by atoms with Crippen LogP contribution in [0.1, 0.15) is 13.3 Å². The molecular weight excluding hydrogens is 256 g/mol. The lowest BCUT2D eigenvalue weighted by molar-refractivity contribution is -0.230. The van der Waals surface area contributed by atoms with Crippen LogP contribution in [0.2, 0.25) is 0 Å². The standard InChI is InChI=1S/C16H22O4/c1-5-8-10-12-16(19-14-18-4,13-11-9-6-2)20-15(17)7-3/h5-11,13H,1,3,12,14H2,2,4H3/b9-6+,10-8+,13-11+. The molecule has 0 amide bonds. The van der Waals surface area contributed by atoms with E-state index in [1.54, 1.807) is 30.4 Å². The topological polar surface area (TPSA) is 44.8 Å². The fraction of sp³-hybridized carbons (Fsp3) is 0.312. The van der Waals surface area contributed by atoms with Crippen molar-refractivity contribution in [1.82, 2.24) is 0 Å². The Morgan fingerprint density at radius 2 is 2.00 bits per heavy atom. The molecule has 0 saturated heterocycles. The highest BCUT2D eigenvalue weighted by Gasteiger charge is 2.30. The highest BCUT2D eigenvalue weighted by Crippen LogP contribution is 2.22. The molecule has 0 aromatic heterocycles. The average Bonchev–Trinajstić information content (AvgIpc) is 2.45. The number of methoxy groups -OCH3 is 1. The summed E-state index contributed by atoms with van der Waals surface area (Å²) >= 11 is 0. The van der Waals surface area contributed by atoms with Crippen molar-refractivity contribution in [1.29, 1.82) is 0 Å². The van der Waals surface area contributed by atoms with E-state index in [1.165, 1.54) is 7.11 Å². The molecule has 0 bridgehead atoms. The third-order valence-electron chi connectivity index (χ3n) is 2.19. The first-order valence-electron chi connectivity index (χ1n) is 6.20. The van der Waals surface area contributed by atoms with Gasteiger partial charge in [-0.15, -0.1) is 0 Å². The second-order valence-corrected chi connectivity index (χ2v) is 3.74. The van der Waals surface area contributed by atoms with Gasteiger partial charge in [0.25, 0.3) is 0 Å². The quantitative estimate of drug-likeness (QED) is 0.266. The predicted molar refractivity (Wildman–Crippen MR) is 79.9 cm³/mol. The van der Waals surface area contributed by atoms with E-state index in [9.17, 15) is 4.79 Å². The van der Waals surface area contributed by atoms with Gasteiger partial charge in [0.05, 0.1) is 0 Å². The largest absolute Gasteiger partial charge is 0.426 e. The van der Waals surface area contributed by atoms with Crippen molar-refractivity contribution in [3.05, 3.63) is 61.8 Å². The summed E-state index contributed by atoms with van der Waals surface area (Å²) in [6.07, 6.45) is 13.6. The van der Waals surface area contributed by atoms with Crippen molar-refractivity contribution < 1.29 is 19.0 Å². The van der Waals surface area contributed by atoms with Crippen molar-refractivity contribution >= 4 is 5.97 Å². The first-order chi connectivity index (χ1) is 9.64. The van der Waals surface area contributed by atoms with Crippen LogP contribution in [0.3, 0.4) is 0 Å². The summed E-state index contributed by atoms with van der Waals surface area (Å²) in [6.45, 7) is 8.85. The molecule has 4 nitrogen and oxygen atoms in total. The zero-order chi connectivity index (χ0) is 15.3. The maximum absolute atomic E-state index is 11.5. The van der Waals surface area contributed by atoms with Crippen LogP contribution in [-0.2, 0) is 19.0 Å². The lowest BCUT2D eigenvalue weighted by Gasteiger charge is -2.28. The van der Waals surface area contributed by atoms with Gasteiger partial charge in [0.1, 0.15) is 0 Å². The first-order valence-corrected chi connectivity index (χ1v) is 6.20. The number of carbonyl (C=O) groups is 1. The van der Waals surface area contributed by atoms with Gasteiger partial charge in [-0.1, -0.05) is 49.6 Å². The van der Waals surface area contributed by atoms with Crippen LogP contribution in [0, 0.1) is 0 Å². The molecule has 1 unspecified atom stereocenters. The molecule has 0 aliphatic heterocycles. The van der Waals surface area contributed by atoms with E-state index < -0.39 is 11.8 Å². The summed E-state index contributed by atoms with van der Waals surface area (Å²) in [5.41, 5.74) is 0. The maximum Gasteiger partial charge on any atom is 0.332 e. The van der Waals surface area contributed by atoms with Crippen molar-refractivity contribution in [2.24, 2.45) is 0 Å². The second kappa shape index (κ2) is 11.0. The number of ether oxygens (including phenoxy) is 3. The highest BCUT2D eigenvalue weighted by atomic mass is 16.8. The summed E-state index contributed by atoms with van der Waals surface area (Å²) in [5.74, 6) is -1.81. The maximum atomic E-state index is 11.5. The van der Waals surface area contributed by atoms with Crippen molar-refractivity contribution in [3.8, 4) is 0 Å². The van der Waals surface area contributed by atoms with Gasteiger partial charge in [-0.25, -0.2) is 4.79 Å². The summed E-state index contributed by atoms with van der Waals surface area (Å²) in [5, 5.41) is 0. The molecule has 0 aromatic rings. The smallest absolute Gasteiger partial charge is 0.332 e. The molecule has 0 heterocycles. The molecule has 0 radical (unpaired) electrons. The van der Waals surface area contributed by atoms with Gasteiger partial charge in [-0.2, -0.15) is 0 Å². The molecular formula is C16H22O4. The molecule has 110 valence electrons. The minimum Gasteiger partial charge on any atom is -0.426 e. The Morgan fingerprint density at radius 3 is 2.55 bits per heavy atom. The van der Waals surface area contributed by atoms with Gasteiger partial charge >= 0.3 is 5.97 Å². The van der Waals surface area contributed by atoms with Crippen LogP contribution in [0.4, 0.5) is 0 Å². The average molecular weight is 278 g/mol. The van der Waals surface area contributed by atoms with E-state index in [1.807, 2.05) is 19.1 Å². The van der Waals surface area contributed by atoms with Gasteiger partial charge < -0.3 is 14.2 Å². The lowest BCUT2D eigenvalue weighted by atomic mass is 10.1. The van der Waals surface area contributed by atoms with Gasteiger partial charge in [0.15, 0.2) is 6.79 Å². The highest BCUT2D eigenvalue weighted by molar-refractivity contribution is 5.81. The van der Waals surface area contributed by atoms with Crippen molar-refractivity contribution in [2.45, 2.75) is 19.1 Å². The summed E-state index contributed by atoms with van der Waals surface area (Å²) in [4.78, 5) is 11.5. The van der Waals surface area contributed by atoms with E-state index in [4.69, 9.17) is 14.2 Å². The molecule has 4 heteroatoms. The molecule has 0 aliphatic carbocycles. The Balaban J connectivity index is 5.22. The van der Waals surface area contributed by atoms with Gasteiger partial charge in [-0.05, 0) is 13.0 Å². The van der Waals surface area contributed by atoms with Crippen LogP contribution in [0.25, 0.3) is 0 Å². The number of allylic oxidation sites excluding steroid dienone is 5. The molecule has 0 N–H and O–H groups in total. The number of esters is 1. The zero-order valence-corrected chi connectivity index (χ0v) is 12.1. The van der Waals surface area contributed by atoms with Crippen LogP contribution in [0.15, 0.2) is 61.8 Å². The molecule has 0 fully saturated rings. The second-order valence-electron chi connectivity index (χ2n) is 3.74. The van der Waals surface area contributed by atoms with Gasteiger partial charge in [0, 0.05) is 19.6 Å². The van der Waals surface area contributed by atoms with Crippen LogP contribution < -0.4 is 0 Å². The van der Waals surface area contributed by atoms with E-state index in [0.717, 1.165) is 6.08 Å². The SMILES string of the molecule is C=C/C=C/CC(/C=C/C=C/C)(OCOC)OC(=O)C=C.